The molecule has 7 heteroatoms. The Bertz CT molecular complexity index is 430. The van der Waals surface area contributed by atoms with E-state index in [4.69, 9.17) is 0 Å². The molecule has 106 valence electrons. The Morgan fingerprint density at radius 2 is 1.95 bits per heavy atom. The Kier molecular flexibility index (Phi) is 5.14. The number of likely N-dealkylation sites (N-methyl/N-ethyl adjacent to an activating group) is 1. The number of anilines is 1. The van der Waals surface area contributed by atoms with Gasteiger partial charge in [-0.25, -0.2) is 4.98 Å². The van der Waals surface area contributed by atoms with Gasteiger partial charge in [0.2, 0.25) is 5.91 Å². The highest BCUT2D eigenvalue weighted by atomic mass is 19.4. The number of carbonyl (C=O) groups is 1. The lowest BCUT2D eigenvalue weighted by atomic mass is 10.3. The average molecular weight is 275 g/mol. The van der Waals surface area contributed by atoms with E-state index in [0.717, 1.165) is 6.07 Å². The van der Waals surface area contributed by atoms with E-state index in [1.165, 1.54) is 12.1 Å². The number of pyridine rings is 1. The highest BCUT2D eigenvalue weighted by Gasteiger charge is 2.32. The van der Waals surface area contributed by atoms with Crippen LogP contribution in [0.2, 0.25) is 0 Å². The van der Waals surface area contributed by atoms with Gasteiger partial charge in [-0.3, -0.25) is 4.79 Å². The maximum Gasteiger partial charge on any atom is 0.433 e. The van der Waals surface area contributed by atoms with Crippen molar-refractivity contribution < 1.29 is 18.0 Å². The molecule has 0 bridgehead atoms. The van der Waals surface area contributed by atoms with Crippen molar-refractivity contribution in [1.82, 2.24) is 9.88 Å². The second kappa shape index (κ2) is 6.40. The lowest BCUT2D eigenvalue weighted by molar-refractivity contribution is -0.141. The predicted molar refractivity (Wildman–Crippen MR) is 65.7 cm³/mol. The summed E-state index contributed by atoms with van der Waals surface area (Å²) in [5.74, 6) is -0.139. The highest BCUT2D eigenvalue weighted by molar-refractivity contribution is 5.80. The van der Waals surface area contributed by atoms with Gasteiger partial charge >= 0.3 is 6.18 Å². The number of hydrogen-bond acceptors (Lipinski definition) is 3. The van der Waals surface area contributed by atoms with E-state index in [1.54, 1.807) is 4.90 Å². The summed E-state index contributed by atoms with van der Waals surface area (Å²) in [6.07, 6.45) is -4.49. The van der Waals surface area contributed by atoms with E-state index in [9.17, 15) is 18.0 Å². The van der Waals surface area contributed by atoms with Crippen LogP contribution in [0, 0.1) is 0 Å². The van der Waals surface area contributed by atoms with Crippen molar-refractivity contribution in [3.05, 3.63) is 23.9 Å². The summed E-state index contributed by atoms with van der Waals surface area (Å²) in [5, 5.41) is 2.60. The SMILES string of the molecule is CCN(CC)C(=O)CNc1cccc(C(F)(F)F)n1. The number of carbonyl (C=O) groups excluding carboxylic acids is 1. The normalized spacial score (nSPS) is 11.2. The Labute approximate surface area is 109 Å². The minimum absolute atomic E-state index is 0.0373. The molecule has 1 aromatic rings. The number of rotatable bonds is 5. The lowest BCUT2D eigenvalue weighted by Gasteiger charge is -2.19. The van der Waals surface area contributed by atoms with E-state index in [0.29, 0.717) is 13.1 Å². The van der Waals surface area contributed by atoms with Crippen LogP contribution in [0.4, 0.5) is 19.0 Å². The van der Waals surface area contributed by atoms with Crippen LogP contribution in [0.5, 0.6) is 0 Å². The van der Waals surface area contributed by atoms with E-state index in [1.807, 2.05) is 13.8 Å². The Morgan fingerprint density at radius 1 is 1.32 bits per heavy atom. The summed E-state index contributed by atoms with van der Waals surface area (Å²) in [4.78, 5) is 16.7. The Morgan fingerprint density at radius 3 is 2.47 bits per heavy atom. The van der Waals surface area contributed by atoms with Gasteiger partial charge in [0, 0.05) is 13.1 Å². The second-order valence-corrected chi connectivity index (χ2v) is 3.83. The number of nitrogens with one attached hydrogen (secondary N) is 1. The molecular formula is C12H16F3N3O. The minimum Gasteiger partial charge on any atom is -0.361 e. The first-order chi connectivity index (χ1) is 8.88. The van der Waals surface area contributed by atoms with E-state index in [-0.39, 0.29) is 18.3 Å². The first kappa shape index (κ1) is 15.3. The second-order valence-electron chi connectivity index (χ2n) is 3.83. The van der Waals surface area contributed by atoms with Gasteiger partial charge in [0.1, 0.15) is 11.5 Å². The molecule has 0 atom stereocenters. The van der Waals surface area contributed by atoms with Crippen LogP contribution in [-0.4, -0.2) is 35.4 Å². The van der Waals surface area contributed by atoms with Crippen LogP contribution >= 0.6 is 0 Å². The predicted octanol–water partition coefficient (Wildman–Crippen LogP) is 2.38. The quantitative estimate of drug-likeness (QED) is 0.897. The van der Waals surface area contributed by atoms with Crippen LogP contribution < -0.4 is 5.32 Å². The molecule has 1 N–H and O–H groups in total. The van der Waals surface area contributed by atoms with Crippen LogP contribution in [0.1, 0.15) is 19.5 Å². The van der Waals surface area contributed by atoms with Crippen molar-refractivity contribution in [1.29, 1.82) is 0 Å². The maximum atomic E-state index is 12.4. The zero-order chi connectivity index (χ0) is 14.5. The summed E-state index contributed by atoms with van der Waals surface area (Å²) >= 11 is 0. The molecule has 0 radical (unpaired) electrons. The first-order valence-electron chi connectivity index (χ1n) is 5.94. The average Bonchev–Trinajstić information content (AvgIpc) is 2.37. The van der Waals surface area contributed by atoms with Crippen LogP contribution in [0.25, 0.3) is 0 Å². The van der Waals surface area contributed by atoms with Crippen molar-refractivity contribution in [2.45, 2.75) is 20.0 Å². The summed E-state index contributed by atoms with van der Waals surface area (Å²) in [7, 11) is 0. The summed E-state index contributed by atoms with van der Waals surface area (Å²) in [6.45, 7) is 4.73. The van der Waals surface area contributed by atoms with Gasteiger partial charge in [-0.1, -0.05) is 6.07 Å². The number of hydrogen-bond donors (Lipinski definition) is 1. The smallest absolute Gasteiger partial charge is 0.361 e. The minimum atomic E-state index is -4.49. The summed E-state index contributed by atoms with van der Waals surface area (Å²) < 4.78 is 37.3. The third kappa shape index (κ3) is 4.42. The Balaban J connectivity index is 2.66. The zero-order valence-corrected chi connectivity index (χ0v) is 10.8. The van der Waals surface area contributed by atoms with Gasteiger partial charge in [-0.15, -0.1) is 0 Å². The first-order valence-corrected chi connectivity index (χ1v) is 5.94. The van der Waals surface area contributed by atoms with Crippen molar-refractivity contribution in [3.63, 3.8) is 0 Å². The number of halogens is 3. The fourth-order valence-electron chi connectivity index (χ4n) is 1.55. The van der Waals surface area contributed by atoms with Gasteiger partial charge in [0.15, 0.2) is 0 Å². The number of alkyl halides is 3. The number of aromatic nitrogens is 1. The van der Waals surface area contributed by atoms with Crippen LogP contribution in [0.15, 0.2) is 18.2 Å². The molecule has 4 nitrogen and oxygen atoms in total. The molecule has 0 unspecified atom stereocenters. The highest BCUT2D eigenvalue weighted by Crippen LogP contribution is 2.28. The van der Waals surface area contributed by atoms with Crippen molar-refractivity contribution in [2.24, 2.45) is 0 Å². The molecule has 0 aliphatic heterocycles. The van der Waals surface area contributed by atoms with Crippen LogP contribution in [-0.2, 0) is 11.0 Å². The largest absolute Gasteiger partial charge is 0.433 e. The Hall–Kier alpha value is -1.79. The van der Waals surface area contributed by atoms with E-state index >= 15 is 0 Å². The van der Waals surface area contributed by atoms with Gasteiger partial charge < -0.3 is 10.2 Å². The lowest BCUT2D eigenvalue weighted by Crippen LogP contribution is -2.35. The molecule has 0 fully saturated rings. The van der Waals surface area contributed by atoms with E-state index < -0.39 is 11.9 Å². The van der Waals surface area contributed by atoms with E-state index in [2.05, 4.69) is 10.3 Å². The third-order valence-electron chi connectivity index (χ3n) is 2.58. The molecule has 0 saturated carbocycles. The monoisotopic (exact) mass is 275 g/mol. The molecule has 0 spiro atoms. The fourth-order valence-corrected chi connectivity index (χ4v) is 1.55. The summed E-state index contributed by atoms with van der Waals surface area (Å²) in [5.41, 5.74) is -0.979. The van der Waals surface area contributed by atoms with Crippen LogP contribution in [0.3, 0.4) is 0 Å². The molecule has 0 aromatic carbocycles. The van der Waals surface area contributed by atoms with Crippen molar-refractivity contribution in [3.8, 4) is 0 Å². The fraction of sp³-hybridized carbons (Fsp3) is 0.500. The molecule has 19 heavy (non-hydrogen) atoms. The topological polar surface area (TPSA) is 45.2 Å². The zero-order valence-electron chi connectivity index (χ0n) is 10.8. The van der Waals surface area contributed by atoms with Gasteiger partial charge in [-0.2, -0.15) is 13.2 Å². The molecule has 1 aromatic heterocycles. The van der Waals surface area contributed by atoms with Gasteiger partial charge in [0.25, 0.3) is 0 Å². The molecule has 0 aliphatic carbocycles. The van der Waals surface area contributed by atoms with Crippen molar-refractivity contribution >= 4 is 11.7 Å². The molecule has 1 rings (SSSR count). The van der Waals surface area contributed by atoms with Gasteiger partial charge in [0.05, 0.1) is 6.54 Å². The summed E-state index contributed by atoms with van der Waals surface area (Å²) in [6, 6.07) is 3.53. The standard InChI is InChI=1S/C12H16F3N3O/c1-3-18(4-2)11(19)8-16-10-7-5-6-9(17-10)12(13,14)15/h5-7H,3-4,8H2,1-2H3,(H,16,17). The number of nitrogens with zero attached hydrogens (tertiary/aromatic N) is 2. The molecule has 0 aliphatic rings. The molecule has 1 heterocycles. The molecular weight excluding hydrogens is 259 g/mol. The van der Waals surface area contributed by atoms with Crippen molar-refractivity contribution in [2.75, 3.05) is 25.0 Å². The molecule has 1 amide bonds. The molecule has 0 saturated heterocycles. The maximum absolute atomic E-state index is 12.4. The third-order valence-corrected chi connectivity index (χ3v) is 2.58. The number of amides is 1. The van der Waals surface area contributed by atoms with Gasteiger partial charge in [-0.05, 0) is 26.0 Å².